The molecule has 0 bridgehead atoms. The maximum absolute atomic E-state index is 13.6. The molecule has 0 saturated carbocycles. The molecule has 4 nitrogen and oxygen atoms in total. The Balaban J connectivity index is 1.85. The largest absolute Gasteiger partial charge is 0.494 e. The summed E-state index contributed by atoms with van der Waals surface area (Å²) < 4.78 is 57.0. The van der Waals surface area contributed by atoms with Gasteiger partial charge >= 0.3 is 6.18 Å². The van der Waals surface area contributed by atoms with E-state index in [1.807, 2.05) is 0 Å². The Bertz CT molecular complexity index is 834. The molecular weight excluding hydrogens is 366 g/mol. The first-order valence-corrected chi connectivity index (χ1v) is 8.07. The van der Waals surface area contributed by atoms with Crippen LogP contribution >= 0.6 is 0 Å². The summed E-state index contributed by atoms with van der Waals surface area (Å²) in [5.41, 5.74) is -1.08. The molecule has 0 aliphatic heterocycles. The first-order valence-electron chi connectivity index (χ1n) is 8.07. The Hall–Kier alpha value is -2.90. The predicted octanol–water partition coefficient (Wildman–Crippen LogP) is 4.84. The molecule has 0 fully saturated rings. The highest BCUT2D eigenvalue weighted by Gasteiger charge is 2.31. The number of hydrogen-bond donors (Lipinski definition) is 1. The zero-order valence-electron chi connectivity index (χ0n) is 14.4. The number of hydrogen-bond acceptors (Lipinski definition) is 3. The Morgan fingerprint density at radius 1 is 1.11 bits per heavy atom. The van der Waals surface area contributed by atoms with Crippen molar-refractivity contribution >= 4 is 17.4 Å². The van der Waals surface area contributed by atoms with Gasteiger partial charge in [0.15, 0.2) is 5.78 Å². The molecule has 0 aromatic heterocycles. The lowest BCUT2D eigenvalue weighted by molar-refractivity contribution is -0.137. The maximum Gasteiger partial charge on any atom is 0.416 e. The first kappa shape index (κ1) is 20.4. The van der Waals surface area contributed by atoms with Crippen LogP contribution in [0.15, 0.2) is 42.5 Å². The summed E-state index contributed by atoms with van der Waals surface area (Å²) in [4.78, 5) is 23.1. The van der Waals surface area contributed by atoms with Crippen molar-refractivity contribution in [1.29, 1.82) is 0 Å². The fraction of sp³-hybridized carbons (Fsp3) is 0.263. The minimum atomic E-state index is -4.63. The number of amides is 1. The molecule has 1 amide bonds. The smallest absolute Gasteiger partial charge is 0.416 e. The molecule has 1 N–H and O–H groups in total. The lowest BCUT2D eigenvalue weighted by Gasteiger charge is -2.11. The van der Waals surface area contributed by atoms with Gasteiger partial charge in [-0.05, 0) is 43.7 Å². The average Bonchev–Trinajstić information content (AvgIpc) is 2.60. The molecule has 0 spiro atoms. The zero-order chi connectivity index (χ0) is 20.0. The van der Waals surface area contributed by atoms with Gasteiger partial charge < -0.3 is 10.1 Å². The van der Waals surface area contributed by atoms with Gasteiger partial charge in [0.1, 0.15) is 11.6 Å². The van der Waals surface area contributed by atoms with Gasteiger partial charge in [-0.3, -0.25) is 9.59 Å². The number of halogens is 4. The fourth-order valence-electron chi connectivity index (χ4n) is 2.24. The molecule has 8 heteroatoms. The monoisotopic (exact) mass is 383 g/mol. The predicted molar refractivity (Wildman–Crippen MR) is 91.2 cm³/mol. The highest BCUT2D eigenvalue weighted by molar-refractivity contribution is 5.94. The van der Waals surface area contributed by atoms with Gasteiger partial charge in [0.2, 0.25) is 5.91 Å². The molecule has 0 saturated heterocycles. The number of carbonyl (C=O) groups is 2. The van der Waals surface area contributed by atoms with E-state index in [-0.39, 0.29) is 25.2 Å². The van der Waals surface area contributed by atoms with Crippen molar-refractivity contribution in [3.63, 3.8) is 0 Å². The number of Topliss-reactive ketones (excluding diaryl/α,β-unsaturated/α-hetero) is 1. The Morgan fingerprint density at radius 3 is 2.52 bits per heavy atom. The minimum absolute atomic E-state index is 0.0674. The van der Waals surface area contributed by atoms with E-state index in [1.54, 1.807) is 24.3 Å². The number of carbonyl (C=O) groups excluding carboxylic acids is 2. The molecule has 2 rings (SSSR count). The van der Waals surface area contributed by atoms with Crippen molar-refractivity contribution < 1.29 is 31.9 Å². The quantitative estimate of drug-likeness (QED) is 0.423. The van der Waals surface area contributed by atoms with Gasteiger partial charge in [-0.1, -0.05) is 12.1 Å². The van der Waals surface area contributed by atoms with Gasteiger partial charge in [0, 0.05) is 12.0 Å². The molecule has 144 valence electrons. The van der Waals surface area contributed by atoms with Crippen molar-refractivity contribution in [1.82, 2.24) is 0 Å². The highest BCUT2D eigenvalue weighted by Crippen LogP contribution is 2.31. The number of benzene rings is 2. The molecule has 0 unspecified atom stereocenters. The van der Waals surface area contributed by atoms with Crippen molar-refractivity contribution in [3.05, 3.63) is 59.4 Å². The standard InChI is InChI=1S/C19H17F4NO3/c1-12(25)13-4-2-5-15(10-13)27-9-3-6-18(26)24-17-11-14(19(21,22)23)7-8-16(17)20/h2,4-5,7-8,10-11H,3,6,9H2,1H3,(H,24,26). The summed E-state index contributed by atoms with van der Waals surface area (Å²) >= 11 is 0. The molecular formula is C19H17F4NO3. The summed E-state index contributed by atoms with van der Waals surface area (Å²) in [6.45, 7) is 1.58. The summed E-state index contributed by atoms with van der Waals surface area (Å²) in [5, 5.41) is 2.13. The van der Waals surface area contributed by atoms with E-state index in [1.165, 1.54) is 6.92 Å². The highest BCUT2D eigenvalue weighted by atomic mass is 19.4. The lowest BCUT2D eigenvalue weighted by Crippen LogP contribution is -2.15. The zero-order valence-corrected chi connectivity index (χ0v) is 14.4. The second kappa shape index (κ2) is 8.66. The third-order valence-corrected chi connectivity index (χ3v) is 3.63. The number of nitrogens with one attached hydrogen (secondary N) is 1. The average molecular weight is 383 g/mol. The fourth-order valence-corrected chi connectivity index (χ4v) is 2.24. The van der Waals surface area contributed by atoms with Gasteiger partial charge in [0.25, 0.3) is 0 Å². The summed E-state index contributed by atoms with van der Waals surface area (Å²) in [6, 6.07) is 8.35. The summed E-state index contributed by atoms with van der Waals surface area (Å²) in [6.07, 6.45) is -4.44. The van der Waals surface area contributed by atoms with Gasteiger partial charge in [0.05, 0.1) is 17.9 Å². The van der Waals surface area contributed by atoms with Crippen LogP contribution in [-0.2, 0) is 11.0 Å². The van der Waals surface area contributed by atoms with Crippen LogP contribution < -0.4 is 10.1 Å². The Kier molecular flexibility index (Phi) is 6.55. The SMILES string of the molecule is CC(=O)c1cccc(OCCCC(=O)Nc2cc(C(F)(F)F)ccc2F)c1. The van der Waals surface area contributed by atoms with Crippen LogP contribution in [0.3, 0.4) is 0 Å². The van der Waals surface area contributed by atoms with Crippen LogP contribution in [0.2, 0.25) is 0 Å². The van der Waals surface area contributed by atoms with E-state index < -0.39 is 29.2 Å². The van der Waals surface area contributed by atoms with E-state index in [4.69, 9.17) is 4.74 Å². The number of alkyl halides is 3. The van der Waals surface area contributed by atoms with Gasteiger partial charge in [-0.2, -0.15) is 13.2 Å². The normalized spacial score (nSPS) is 11.1. The molecule has 0 radical (unpaired) electrons. The second-order valence-corrected chi connectivity index (χ2v) is 5.78. The number of ketones is 1. The Labute approximate surface area is 153 Å². The third-order valence-electron chi connectivity index (χ3n) is 3.63. The van der Waals surface area contributed by atoms with E-state index in [2.05, 4.69) is 5.32 Å². The van der Waals surface area contributed by atoms with E-state index in [0.717, 1.165) is 0 Å². The second-order valence-electron chi connectivity index (χ2n) is 5.78. The molecule has 0 aliphatic carbocycles. The van der Waals surface area contributed by atoms with Crippen molar-refractivity contribution in [2.75, 3.05) is 11.9 Å². The van der Waals surface area contributed by atoms with E-state index >= 15 is 0 Å². The Morgan fingerprint density at radius 2 is 1.85 bits per heavy atom. The van der Waals surface area contributed by atoms with Crippen molar-refractivity contribution in [3.8, 4) is 5.75 Å². The summed E-state index contributed by atoms with van der Waals surface area (Å²) in [5.74, 6) is -1.22. The number of ether oxygens (including phenoxy) is 1. The molecule has 27 heavy (non-hydrogen) atoms. The van der Waals surface area contributed by atoms with E-state index in [0.29, 0.717) is 29.5 Å². The third kappa shape index (κ3) is 6.09. The van der Waals surface area contributed by atoms with Gasteiger partial charge in [-0.25, -0.2) is 4.39 Å². The number of anilines is 1. The van der Waals surface area contributed by atoms with E-state index in [9.17, 15) is 27.2 Å². The molecule has 0 heterocycles. The van der Waals surface area contributed by atoms with Crippen LogP contribution in [0.25, 0.3) is 0 Å². The maximum atomic E-state index is 13.6. The van der Waals surface area contributed by atoms with Gasteiger partial charge in [-0.15, -0.1) is 0 Å². The minimum Gasteiger partial charge on any atom is -0.494 e. The van der Waals surface area contributed by atoms with Crippen LogP contribution in [0.4, 0.5) is 23.2 Å². The summed E-state index contributed by atoms with van der Waals surface area (Å²) in [7, 11) is 0. The van der Waals surface area contributed by atoms with Crippen LogP contribution in [0.5, 0.6) is 5.75 Å². The van der Waals surface area contributed by atoms with Crippen molar-refractivity contribution in [2.45, 2.75) is 25.9 Å². The molecule has 2 aromatic carbocycles. The van der Waals surface area contributed by atoms with Crippen molar-refractivity contribution in [2.24, 2.45) is 0 Å². The molecule has 0 aliphatic rings. The van der Waals surface area contributed by atoms with Crippen LogP contribution in [0.1, 0.15) is 35.7 Å². The first-order chi connectivity index (χ1) is 12.7. The topological polar surface area (TPSA) is 55.4 Å². The van der Waals surface area contributed by atoms with Crippen LogP contribution in [-0.4, -0.2) is 18.3 Å². The molecule has 0 atom stereocenters. The number of rotatable bonds is 7. The van der Waals surface area contributed by atoms with Crippen LogP contribution in [0, 0.1) is 5.82 Å². The molecule has 2 aromatic rings. The lowest BCUT2D eigenvalue weighted by atomic mass is 10.1.